The fraction of sp³-hybridized carbons (Fsp3) is 0.500. The quantitative estimate of drug-likeness (QED) is 0.590. The molecule has 146 valence electrons. The second kappa shape index (κ2) is 9.71. The van der Waals surface area contributed by atoms with Gasteiger partial charge in [-0.1, -0.05) is 19.1 Å². The maximum Gasteiger partial charge on any atom is 0.191 e. The van der Waals surface area contributed by atoms with Crippen molar-refractivity contribution in [2.24, 2.45) is 4.99 Å². The van der Waals surface area contributed by atoms with Crippen molar-refractivity contribution in [2.75, 3.05) is 38.2 Å². The summed E-state index contributed by atoms with van der Waals surface area (Å²) in [6.45, 7) is 8.42. The molecule has 0 radical (unpaired) electrons. The molecule has 0 saturated carbocycles. The molecule has 2 atom stereocenters. The summed E-state index contributed by atoms with van der Waals surface area (Å²) in [6.07, 6.45) is 2.19. The Labute approximate surface area is 165 Å². The summed E-state index contributed by atoms with van der Waals surface area (Å²) in [4.78, 5) is 12.6. The van der Waals surface area contributed by atoms with Crippen LogP contribution in [0.5, 0.6) is 0 Å². The number of nitrogens with one attached hydrogen (secondary N) is 2. The van der Waals surface area contributed by atoms with Crippen LogP contribution in [0, 0.1) is 0 Å². The van der Waals surface area contributed by atoms with Crippen LogP contribution in [0.25, 0.3) is 0 Å². The highest BCUT2D eigenvalue weighted by molar-refractivity contribution is 7.10. The number of ether oxygens (including phenoxy) is 1. The molecule has 2 unspecified atom stereocenters. The van der Waals surface area contributed by atoms with Gasteiger partial charge in [-0.15, -0.1) is 11.3 Å². The van der Waals surface area contributed by atoms with Gasteiger partial charge in [-0.25, -0.2) is 4.98 Å². The van der Waals surface area contributed by atoms with E-state index >= 15 is 0 Å². The van der Waals surface area contributed by atoms with Crippen LogP contribution in [0.15, 0.2) is 40.8 Å². The van der Waals surface area contributed by atoms with Crippen molar-refractivity contribution >= 4 is 23.1 Å². The molecule has 0 spiro atoms. The minimum Gasteiger partial charge on any atom is -0.375 e. The molecule has 27 heavy (non-hydrogen) atoms. The van der Waals surface area contributed by atoms with Gasteiger partial charge in [-0.05, 0) is 30.0 Å². The summed E-state index contributed by atoms with van der Waals surface area (Å²) in [5.74, 6) is 2.28. The molecule has 1 aliphatic heterocycles. The lowest BCUT2D eigenvalue weighted by atomic mass is 10.1. The van der Waals surface area contributed by atoms with Crippen molar-refractivity contribution in [3.63, 3.8) is 0 Å². The Hall–Kier alpha value is -2.12. The third kappa shape index (κ3) is 5.68. The van der Waals surface area contributed by atoms with Crippen LogP contribution in [-0.2, 0) is 11.3 Å². The predicted octanol–water partition coefficient (Wildman–Crippen LogP) is 2.84. The maximum atomic E-state index is 5.59. The van der Waals surface area contributed by atoms with E-state index in [9.17, 15) is 0 Å². The molecule has 6 nitrogen and oxygen atoms in total. The van der Waals surface area contributed by atoms with Gasteiger partial charge in [0.1, 0.15) is 5.82 Å². The Balaban J connectivity index is 1.46. The zero-order valence-electron chi connectivity index (χ0n) is 16.3. The van der Waals surface area contributed by atoms with Crippen LogP contribution in [0.2, 0.25) is 0 Å². The van der Waals surface area contributed by atoms with Crippen molar-refractivity contribution < 1.29 is 4.74 Å². The Morgan fingerprint density at radius 3 is 2.96 bits per heavy atom. The molecule has 0 aromatic carbocycles. The summed E-state index contributed by atoms with van der Waals surface area (Å²) in [7, 11) is 1.80. The largest absolute Gasteiger partial charge is 0.375 e. The van der Waals surface area contributed by atoms with E-state index in [1.54, 1.807) is 18.4 Å². The SMILES string of the molecule is CN=C(NCc1ccc(N2CCOC(C)C2)nc1)NCC(C)c1cccs1. The summed E-state index contributed by atoms with van der Waals surface area (Å²) in [6, 6.07) is 8.48. The fourth-order valence-electron chi connectivity index (χ4n) is 3.06. The van der Waals surface area contributed by atoms with E-state index in [2.05, 4.69) is 69.0 Å². The zero-order chi connectivity index (χ0) is 19.1. The molecule has 1 fully saturated rings. The smallest absolute Gasteiger partial charge is 0.191 e. The van der Waals surface area contributed by atoms with E-state index in [-0.39, 0.29) is 6.10 Å². The number of nitrogens with zero attached hydrogens (tertiary/aromatic N) is 3. The van der Waals surface area contributed by atoms with Gasteiger partial charge in [0.25, 0.3) is 0 Å². The zero-order valence-corrected chi connectivity index (χ0v) is 17.1. The maximum absolute atomic E-state index is 5.59. The van der Waals surface area contributed by atoms with Crippen molar-refractivity contribution in [3.8, 4) is 0 Å². The van der Waals surface area contributed by atoms with E-state index in [1.807, 2.05) is 6.20 Å². The van der Waals surface area contributed by atoms with Crippen molar-refractivity contribution in [2.45, 2.75) is 32.4 Å². The topological polar surface area (TPSA) is 61.8 Å². The van der Waals surface area contributed by atoms with Gasteiger partial charge in [-0.3, -0.25) is 4.99 Å². The van der Waals surface area contributed by atoms with E-state index in [0.29, 0.717) is 12.5 Å². The number of morpholine rings is 1. The van der Waals surface area contributed by atoms with E-state index in [0.717, 1.165) is 43.6 Å². The minimum absolute atomic E-state index is 0.257. The lowest BCUT2D eigenvalue weighted by molar-refractivity contribution is 0.0529. The van der Waals surface area contributed by atoms with E-state index in [4.69, 9.17) is 4.74 Å². The predicted molar refractivity (Wildman–Crippen MR) is 113 cm³/mol. The van der Waals surface area contributed by atoms with E-state index in [1.165, 1.54) is 4.88 Å². The van der Waals surface area contributed by atoms with Crippen LogP contribution in [0.1, 0.15) is 30.2 Å². The van der Waals surface area contributed by atoms with Gasteiger partial charge in [-0.2, -0.15) is 0 Å². The molecule has 0 bridgehead atoms. The standard InChI is InChI=1S/C20H29N5OS/c1-15(18-5-4-10-27-18)11-23-20(21-3)24-13-17-6-7-19(22-12-17)25-8-9-26-16(2)14-25/h4-7,10,12,15-16H,8-9,11,13-14H2,1-3H3,(H2,21,23,24). The van der Waals surface area contributed by atoms with Crippen LogP contribution in [0.3, 0.4) is 0 Å². The Kier molecular flexibility index (Phi) is 7.06. The molecule has 1 saturated heterocycles. The number of aromatic nitrogens is 1. The first-order chi connectivity index (χ1) is 13.2. The summed E-state index contributed by atoms with van der Waals surface area (Å²) in [5, 5.41) is 8.88. The molecule has 1 aliphatic rings. The second-order valence-corrected chi connectivity index (χ2v) is 7.85. The van der Waals surface area contributed by atoms with Gasteiger partial charge in [0.2, 0.25) is 0 Å². The van der Waals surface area contributed by atoms with Crippen molar-refractivity contribution in [1.29, 1.82) is 0 Å². The van der Waals surface area contributed by atoms with Gasteiger partial charge in [0.15, 0.2) is 5.96 Å². The van der Waals surface area contributed by atoms with Crippen LogP contribution >= 0.6 is 11.3 Å². The van der Waals surface area contributed by atoms with Crippen LogP contribution in [0.4, 0.5) is 5.82 Å². The highest BCUT2D eigenvalue weighted by atomic mass is 32.1. The first kappa shape index (κ1) is 19.6. The number of pyridine rings is 1. The van der Waals surface area contributed by atoms with Gasteiger partial charge >= 0.3 is 0 Å². The molecule has 2 aromatic heterocycles. The van der Waals surface area contributed by atoms with Gasteiger partial charge in [0.05, 0.1) is 12.7 Å². The lowest BCUT2D eigenvalue weighted by Crippen LogP contribution is -2.41. The number of aliphatic imine (C=N–C) groups is 1. The van der Waals surface area contributed by atoms with Crippen LogP contribution in [-0.4, -0.2) is 50.3 Å². The number of guanidine groups is 1. The Morgan fingerprint density at radius 2 is 2.30 bits per heavy atom. The highest BCUT2D eigenvalue weighted by Gasteiger charge is 2.17. The third-order valence-corrected chi connectivity index (χ3v) is 5.77. The fourth-order valence-corrected chi connectivity index (χ4v) is 3.85. The number of rotatable bonds is 6. The molecule has 2 aromatic rings. The first-order valence-electron chi connectivity index (χ1n) is 9.45. The van der Waals surface area contributed by atoms with Crippen molar-refractivity contribution in [3.05, 3.63) is 46.3 Å². The van der Waals surface area contributed by atoms with Crippen LogP contribution < -0.4 is 15.5 Å². The van der Waals surface area contributed by atoms with Crippen molar-refractivity contribution in [1.82, 2.24) is 15.6 Å². The Bertz CT molecular complexity index is 716. The lowest BCUT2D eigenvalue weighted by Gasteiger charge is -2.32. The minimum atomic E-state index is 0.257. The number of anilines is 1. The Morgan fingerprint density at radius 1 is 1.41 bits per heavy atom. The average Bonchev–Trinajstić information content (AvgIpc) is 3.23. The van der Waals surface area contributed by atoms with Gasteiger partial charge in [0, 0.05) is 50.2 Å². The summed E-state index contributed by atoms with van der Waals surface area (Å²) < 4.78 is 5.59. The molecular formula is C20H29N5OS. The first-order valence-corrected chi connectivity index (χ1v) is 10.3. The monoisotopic (exact) mass is 387 g/mol. The normalized spacial score (nSPS) is 19.0. The van der Waals surface area contributed by atoms with E-state index < -0.39 is 0 Å². The summed E-state index contributed by atoms with van der Waals surface area (Å²) >= 11 is 1.79. The molecule has 3 heterocycles. The molecule has 7 heteroatoms. The van der Waals surface area contributed by atoms with Gasteiger partial charge < -0.3 is 20.3 Å². The molecular weight excluding hydrogens is 358 g/mol. The average molecular weight is 388 g/mol. The molecule has 2 N–H and O–H groups in total. The molecule has 0 amide bonds. The number of hydrogen-bond acceptors (Lipinski definition) is 5. The number of hydrogen-bond donors (Lipinski definition) is 2. The second-order valence-electron chi connectivity index (χ2n) is 6.88. The summed E-state index contributed by atoms with van der Waals surface area (Å²) in [5.41, 5.74) is 1.13. The molecule has 3 rings (SSSR count). The number of thiophene rings is 1. The third-order valence-electron chi connectivity index (χ3n) is 4.66. The molecule has 0 aliphatic carbocycles. The highest BCUT2D eigenvalue weighted by Crippen LogP contribution is 2.19.